The molecule has 140 valence electrons. The topological polar surface area (TPSA) is 61.2 Å². The van der Waals surface area contributed by atoms with E-state index in [9.17, 15) is 9.18 Å². The molecule has 0 bridgehead atoms. The van der Waals surface area contributed by atoms with Crippen LogP contribution >= 0.6 is 0 Å². The number of amides is 1. The van der Waals surface area contributed by atoms with Gasteiger partial charge in [-0.15, -0.1) is 0 Å². The molecular formula is C19H24FN2O4+. The highest BCUT2D eigenvalue weighted by Gasteiger charge is 2.14. The van der Waals surface area contributed by atoms with E-state index in [1.54, 1.807) is 37.4 Å². The zero-order chi connectivity index (χ0) is 19.1. The Hall–Kier alpha value is -2.80. The third-order valence-electron chi connectivity index (χ3n) is 3.87. The molecule has 0 heterocycles. The summed E-state index contributed by atoms with van der Waals surface area (Å²) in [7, 11) is 6.38. The molecule has 0 spiro atoms. The van der Waals surface area contributed by atoms with Gasteiger partial charge in [-0.05, 0) is 30.3 Å². The van der Waals surface area contributed by atoms with Crippen LogP contribution in [0.1, 0.15) is 5.56 Å². The number of carbonyl (C=O) groups excluding carboxylic acids is 1. The van der Waals surface area contributed by atoms with Gasteiger partial charge in [-0.1, -0.05) is 0 Å². The monoisotopic (exact) mass is 363 g/mol. The van der Waals surface area contributed by atoms with Gasteiger partial charge in [0.1, 0.15) is 18.0 Å². The van der Waals surface area contributed by atoms with Crippen molar-refractivity contribution < 1.29 is 28.3 Å². The van der Waals surface area contributed by atoms with Crippen LogP contribution in [0.15, 0.2) is 36.4 Å². The van der Waals surface area contributed by atoms with Crippen LogP contribution in [0.3, 0.4) is 0 Å². The van der Waals surface area contributed by atoms with E-state index in [1.165, 1.54) is 20.3 Å². The molecule has 2 N–H and O–H groups in total. The molecule has 0 saturated heterocycles. The van der Waals surface area contributed by atoms with E-state index < -0.39 is 5.82 Å². The molecule has 7 heteroatoms. The molecule has 0 aromatic heterocycles. The fraction of sp³-hybridized carbons (Fsp3) is 0.316. The van der Waals surface area contributed by atoms with Crippen molar-refractivity contribution in [1.82, 2.24) is 0 Å². The SMILES string of the molecule is COc1ccc(NC(=O)C[NH+](C)Cc2ccc(OC)c(F)c2)c(OC)c1. The van der Waals surface area contributed by atoms with E-state index in [0.29, 0.717) is 23.7 Å². The summed E-state index contributed by atoms with van der Waals surface area (Å²) >= 11 is 0. The maximum absolute atomic E-state index is 13.8. The molecular weight excluding hydrogens is 339 g/mol. The third-order valence-corrected chi connectivity index (χ3v) is 3.87. The third kappa shape index (κ3) is 5.10. The quantitative estimate of drug-likeness (QED) is 0.746. The van der Waals surface area contributed by atoms with Gasteiger partial charge in [0.05, 0.1) is 34.1 Å². The van der Waals surface area contributed by atoms with Crippen molar-refractivity contribution in [1.29, 1.82) is 0 Å². The first-order chi connectivity index (χ1) is 12.5. The molecule has 26 heavy (non-hydrogen) atoms. The van der Waals surface area contributed by atoms with Gasteiger partial charge >= 0.3 is 0 Å². The second kappa shape index (κ2) is 9.05. The summed E-state index contributed by atoms with van der Waals surface area (Å²) in [6, 6.07) is 9.97. The minimum atomic E-state index is -0.412. The van der Waals surface area contributed by atoms with Gasteiger partial charge in [0.2, 0.25) is 0 Å². The largest absolute Gasteiger partial charge is 0.497 e. The van der Waals surface area contributed by atoms with Gasteiger partial charge in [-0.2, -0.15) is 0 Å². The van der Waals surface area contributed by atoms with Gasteiger partial charge in [-0.25, -0.2) is 4.39 Å². The summed E-state index contributed by atoms with van der Waals surface area (Å²) in [4.78, 5) is 13.2. The highest BCUT2D eigenvalue weighted by Crippen LogP contribution is 2.28. The van der Waals surface area contributed by atoms with Crippen molar-refractivity contribution in [3.8, 4) is 17.2 Å². The summed E-state index contributed by atoms with van der Waals surface area (Å²) in [5.74, 6) is 0.789. The molecule has 6 nitrogen and oxygen atoms in total. The zero-order valence-electron chi connectivity index (χ0n) is 15.4. The summed E-state index contributed by atoms with van der Waals surface area (Å²) in [5, 5.41) is 2.82. The first-order valence-electron chi connectivity index (χ1n) is 8.12. The maximum atomic E-state index is 13.8. The van der Waals surface area contributed by atoms with Gasteiger partial charge in [0.15, 0.2) is 18.1 Å². The van der Waals surface area contributed by atoms with Gasteiger partial charge in [0.25, 0.3) is 5.91 Å². The molecule has 0 saturated carbocycles. The number of halogens is 1. The summed E-state index contributed by atoms with van der Waals surface area (Å²) in [5.41, 5.74) is 1.36. The number of likely N-dealkylation sites (N-methyl/N-ethyl adjacent to an activating group) is 1. The lowest BCUT2D eigenvalue weighted by atomic mass is 10.2. The Morgan fingerprint density at radius 2 is 1.77 bits per heavy atom. The van der Waals surface area contributed by atoms with Gasteiger partial charge < -0.3 is 24.4 Å². The fourth-order valence-corrected chi connectivity index (χ4v) is 2.60. The smallest absolute Gasteiger partial charge is 0.279 e. The number of carbonyl (C=O) groups is 1. The number of rotatable bonds is 8. The molecule has 2 rings (SSSR count). The number of nitrogens with one attached hydrogen (secondary N) is 2. The number of hydrogen-bond acceptors (Lipinski definition) is 4. The van der Waals surface area contributed by atoms with Crippen LogP contribution in [0.5, 0.6) is 17.2 Å². The van der Waals surface area contributed by atoms with E-state index >= 15 is 0 Å². The van der Waals surface area contributed by atoms with Crippen molar-refractivity contribution >= 4 is 11.6 Å². The van der Waals surface area contributed by atoms with E-state index in [2.05, 4.69) is 5.32 Å². The Morgan fingerprint density at radius 1 is 1.04 bits per heavy atom. The standard InChI is InChI=1S/C19H23FN2O4/c1-22(11-13-5-8-17(25-3)15(20)9-13)12-19(23)21-16-7-6-14(24-2)10-18(16)26-4/h5-10H,11-12H2,1-4H3,(H,21,23)/p+1. The maximum Gasteiger partial charge on any atom is 0.279 e. The highest BCUT2D eigenvalue weighted by molar-refractivity contribution is 5.93. The lowest BCUT2D eigenvalue weighted by Gasteiger charge is -2.16. The predicted molar refractivity (Wildman–Crippen MR) is 96.6 cm³/mol. The van der Waals surface area contributed by atoms with Crippen LogP contribution in [0.4, 0.5) is 10.1 Å². The molecule has 0 fully saturated rings. The number of hydrogen-bond donors (Lipinski definition) is 2. The van der Waals surface area contributed by atoms with E-state index in [0.717, 1.165) is 10.5 Å². The number of methoxy groups -OCH3 is 3. The van der Waals surface area contributed by atoms with Crippen molar-refractivity contribution in [2.75, 3.05) is 40.2 Å². The number of anilines is 1. The van der Waals surface area contributed by atoms with E-state index in [-0.39, 0.29) is 18.2 Å². The Morgan fingerprint density at radius 3 is 2.38 bits per heavy atom. The Kier molecular flexibility index (Phi) is 6.80. The van der Waals surface area contributed by atoms with Crippen LogP contribution in [0.2, 0.25) is 0 Å². The van der Waals surface area contributed by atoms with Crippen molar-refractivity contribution in [2.45, 2.75) is 6.54 Å². The molecule has 1 atom stereocenters. The Balaban J connectivity index is 1.96. The molecule has 2 aromatic rings. The number of quaternary nitrogens is 1. The molecule has 1 unspecified atom stereocenters. The van der Waals surface area contributed by atoms with E-state index in [4.69, 9.17) is 14.2 Å². The zero-order valence-corrected chi connectivity index (χ0v) is 15.4. The molecule has 0 radical (unpaired) electrons. The number of benzene rings is 2. The Labute approximate surface area is 152 Å². The minimum absolute atomic E-state index is 0.167. The lowest BCUT2D eigenvalue weighted by molar-refractivity contribution is -0.885. The molecule has 0 aliphatic heterocycles. The first kappa shape index (κ1) is 19.5. The average Bonchev–Trinajstić information content (AvgIpc) is 2.62. The van der Waals surface area contributed by atoms with Crippen LogP contribution in [0, 0.1) is 5.82 Å². The second-order valence-corrected chi connectivity index (χ2v) is 5.89. The van der Waals surface area contributed by atoms with Crippen LogP contribution in [-0.4, -0.2) is 40.8 Å². The minimum Gasteiger partial charge on any atom is -0.497 e. The highest BCUT2D eigenvalue weighted by atomic mass is 19.1. The van der Waals surface area contributed by atoms with Crippen LogP contribution in [-0.2, 0) is 11.3 Å². The predicted octanol–water partition coefficient (Wildman–Crippen LogP) is 1.50. The summed E-state index contributed by atoms with van der Waals surface area (Å²) in [6.07, 6.45) is 0. The fourth-order valence-electron chi connectivity index (χ4n) is 2.60. The van der Waals surface area contributed by atoms with Crippen LogP contribution < -0.4 is 24.4 Å². The van der Waals surface area contributed by atoms with Crippen LogP contribution in [0.25, 0.3) is 0 Å². The molecule has 0 aliphatic carbocycles. The van der Waals surface area contributed by atoms with Gasteiger partial charge in [0, 0.05) is 11.6 Å². The molecule has 1 amide bonds. The summed E-state index contributed by atoms with van der Waals surface area (Å²) in [6.45, 7) is 0.733. The number of ether oxygens (including phenoxy) is 3. The molecule has 2 aromatic carbocycles. The second-order valence-electron chi connectivity index (χ2n) is 5.89. The molecule has 0 aliphatic rings. The lowest BCUT2D eigenvalue weighted by Crippen LogP contribution is -3.08. The Bertz CT molecular complexity index is 767. The average molecular weight is 363 g/mol. The van der Waals surface area contributed by atoms with Crippen molar-refractivity contribution in [3.63, 3.8) is 0 Å². The van der Waals surface area contributed by atoms with E-state index in [1.807, 2.05) is 7.05 Å². The van der Waals surface area contributed by atoms with Crippen molar-refractivity contribution in [3.05, 3.63) is 47.8 Å². The normalized spacial score (nSPS) is 11.6. The summed E-state index contributed by atoms with van der Waals surface area (Å²) < 4.78 is 29.1. The van der Waals surface area contributed by atoms with Crippen molar-refractivity contribution in [2.24, 2.45) is 0 Å². The first-order valence-corrected chi connectivity index (χ1v) is 8.12. The van der Waals surface area contributed by atoms with Gasteiger partial charge in [-0.3, -0.25) is 4.79 Å².